The Bertz CT molecular complexity index is 1140. The van der Waals surface area contributed by atoms with Gasteiger partial charge in [-0.15, -0.1) is 34.4 Å². The number of carbonyl (C=O) groups is 3. The predicted octanol–water partition coefficient (Wildman–Crippen LogP) is 5.46. The first-order valence-corrected chi connectivity index (χ1v) is 12.8. The quantitative estimate of drug-likeness (QED) is 0.342. The zero-order valence-corrected chi connectivity index (χ0v) is 19.9. The van der Waals surface area contributed by atoms with Crippen molar-refractivity contribution >= 4 is 62.9 Å². The molecule has 0 spiro atoms. The lowest BCUT2D eigenvalue weighted by atomic mass is 9.95. The maximum Gasteiger partial charge on any atom is 0.341 e. The number of thiophene rings is 2. The first-order valence-electron chi connectivity index (χ1n) is 10.2. The number of hydrogen-bond donors (Lipinski definition) is 2. The third kappa shape index (κ3) is 5.23. The standard InChI is InChI=1S/C23H22N2O4S3/c1-29-23(28)20-16-8-2-3-9-17(16)32-22(20)25-19(26)13-31-15-7-4-6-14(12-15)24-21(27)18-10-5-11-30-18/h4-7,10-12H,2-3,8-9,13H2,1H3,(H,24,27)(H,25,26). The highest BCUT2D eigenvalue weighted by atomic mass is 32.2. The molecule has 32 heavy (non-hydrogen) atoms. The number of aryl methyl sites for hydroxylation is 1. The van der Waals surface area contributed by atoms with Crippen molar-refractivity contribution in [2.24, 2.45) is 0 Å². The number of thioether (sulfide) groups is 1. The molecular weight excluding hydrogens is 464 g/mol. The molecular formula is C23H22N2O4S3. The Hall–Kier alpha value is -2.62. The molecule has 0 saturated heterocycles. The van der Waals surface area contributed by atoms with Gasteiger partial charge in [0.25, 0.3) is 5.91 Å². The van der Waals surface area contributed by atoms with Gasteiger partial charge in [-0.3, -0.25) is 9.59 Å². The van der Waals surface area contributed by atoms with Crippen LogP contribution in [0.3, 0.4) is 0 Å². The molecule has 1 aromatic carbocycles. The van der Waals surface area contributed by atoms with E-state index in [4.69, 9.17) is 4.74 Å². The summed E-state index contributed by atoms with van der Waals surface area (Å²) in [5.74, 6) is -0.559. The van der Waals surface area contributed by atoms with Gasteiger partial charge in [0.2, 0.25) is 5.91 Å². The van der Waals surface area contributed by atoms with Crippen LogP contribution in [0.2, 0.25) is 0 Å². The van der Waals surface area contributed by atoms with Crippen molar-refractivity contribution in [3.8, 4) is 0 Å². The van der Waals surface area contributed by atoms with Crippen molar-refractivity contribution in [3.05, 3.63) is 62.7 Å². The van der Waals surface area contributed by atoms with E-state index < -0.39 is 5.97 Å². The molecule has 0 unspecified atom stereocenters. The summed E-state index contributed by atoms with van der Waals surface area (Å²) in [7, 11) is 1.36. The van der Waals surface area contributed by atoms with Crippen LogP contribution in [0.25, 0.3) is 0 Å². The molecule has 0 radical (unpaired) electrons. The molecule has 2 N–H and O–H groups in total. The molecule has 1 aliphatic carbocycles. The van der Waals surface area contributed by atoms with Gasteiger partial charge in [-0.1, -0.05) is 12.1 Å². The molecule has 1 aliphatic rings. The van der Waals surface area contributed by atoms with Crippen LogP contribution in [0.15, 0.2) is 46.7 Å². The number of methoxy groups -OCH3 is 1. The van der Waals surface area contributed by atoms with Crippen LogP contribution in [-0.2, 0) is 22.4 Å². The Morgan fingerprint density at radius 1 is 1.09 bits per heavy atom. The van der Waals surface area contributed by atoms with Gasteiger partial charge in [-0.05, 0) is 60.9 Å². The van der Waals surface area contributed by atoms with Crippen molar-refractivity contribution < 1.29 is 19.1 Å². The van der Waals surface area contributed by atoms with Crippen LogP contribution < -0.4 is 10.6 Å². The molecule has 2 aromatic heterocycles. The molecule has 2 amide bonds. The molecule has 0 saturated carbocycles. The van der Waals surface area contributed by atoms with Crippen LogP contribution in [0.5, 0.6) is 0 Å². The van der Waals surface area contributed by atoms with E-state index in [0.717, 1.165) is 41.0 Å². The summed E-state index contributed by atoms with van der Waals surface area (Å²) < 4.78 is 4.96. The van der Waals surface area contributed by atoms with Crippen LogP contribution in [0.4, 0.5) is 10.7 Å². The molecule has 166 valence electrons. The Morgan fingerprint density at radius 3 is 2.72 bits per heavy atom. The third-order valence-electron chi connectivity index (χ3n) is 5.02. The monoisotopic (exact) mass is 486 g/mol. The SMILES string of the molecule is COC(=O)c1c(NC(=O)CSc2cccc(NC(=O)c3cccs3)c2)sc2c1CCCC2. The molecule has 3 aromatic rings. The second kappa shape index (κ2) is 10.3. The van der Waals surface area contributed by atoms with Crippen molar-refractivity contribution in [2.75, 3.05) is 23.5 Å². The Labute approximate surface area is 198 Å². The average Bonchev–Trinajstić information content (AvgIpc) is 3.45. The average molecular weight is 487 g/mol. The summed E-state index contributed by atoms with van der Waals surface area (Å²) in [6, 6.07) is 11.0. The predicted molar refractivity (Wildman–Crippen MR) is 130 cm³/mol. The van der Waals surface area contributed by atoms with Gasteiger partial charge in [0.15, 0.2) is 0 Å². The van der Waals surface area contributed by atoms with Crippen LogP contribution in [0, 0.1) is 0 Å². The number of fused-ring (bicyclic) bond motifs is 1. The van der Waals surface area contributed by atoms with Crippen molar-refractivity contribution in [3.63, 3.8) is 0 Å². The largest absolute Gasteiger partial charge is 0.465 e. The fourth-order valence-electron chi connectivity index (χ4n) is 3.55. The fourth-order valence-corrected chi connectivity index (χ4v) is 6.22. The van der Waals surface area contributed by atoms with Gasteiger partial charge >= 0.3 is 5.97 Å². The van der Waals surface area contributed by atoms with E-state index in [1.54, 1.807) is 6.07 Å². The first kappa shape index (κ1) is 22.6. The highest BCUT2D eigenvalue weighted by molar-refractivity contribution is 8.00. The summed E-state index contributed by atoms with van der Waals surface area (Å²) >= 11 is 4.23. The van der Waals surface area contributed by atoms with Crippen LogP contribution in [0.1, 0.15) is 43.3 Å². The first-order chi connectivity index (χ1) is 15.5. The zero-order valence-electron chi connectivity index (χ0n) is 17.4. The smallest absolute Gasteiger partial charge is 0.341 e. The molecule has 0 bridgehead atoms. The van der Waals surface area contributed by atoms with E-state index in [1.165, 1.54) is 41.5 Å². The van der Waals surface area contributed by atoms with Crippen molar-refractivity contribution in [2.45, 2.75) is 30.6 Å². The number of carbonyl (C=O) groups excluding carboxylic acids is 3. The van der Waals surface area contributed by atoms with E-state index in [1.807, 2.05) is 35.7 Å². The number of esters is 1. The van der Waals surface area contributed by atoms with Gasteiger partial charge in [0.05, 0.1) is 23.3 Å². The Balaban J connectivity index is 1.39. The molecule has 6 nitrogen and oxygen atoms in total. The molecule has 4 rings (SSSR count). The summed E-state index contributed by atoms with van der Waals surface area (Å²) in [6.07, 6.45) is 3.90. The number of anilines is 2. The number of nitrogens with one attached hydrogen (secondary N) is 2. The number of ether oxygens (including phenoxy) is 1. The summed E-state index contributed by atoms with van der Waals surface area (Å²) in [4.78, 5) is 39.9. The van der Waals surface area contributed by atoms with Crippen molar-refractivity contribution in [1.29, 1.82) is 0 Å². The second-order valence-electron chi connectivity index (χ2n) is 7.20. The summed E-state index contributed by atoms with van der Waals surface area (Å²) in [5, 5.41) is 8.21. The summed E-state index contributed by atoms with van der Waals surface area (Å²) in [5.41, 5.74) is 2.20. The highest BCUT2D eigenvalue weighted by Gasteiger charge is 2.26. The van der Waals surface area contributed by atoms with Gasteiger partial charge in [0, 0.05) is 15.5 Å². The van der Waals surface area contributed by atoms with E-state index in [2.05, 4.69) is 10.6 Å². The number of benzene rings is 1. The van der Waals surface area contributed by atoms with Crippen LogP contribution >= 0.6 is 34.4 Å². The number of amides is 2. The minimum atomic E-state index is -0.401. The second-order valence-corrected chi connectivity index (χ2v) is 10.3. The molecule has 0 aliphatic heterocycles. The van der Waals surface area contributed by atoms with E-state index in [9.17, 15) is 14.4 Å². The van der Waals surface area contributed by atoms with Gasteiger partial charge in [-0.25, -0.2) is 4.79 Å². The lowest BCUT2D eigenvalue weighted by Crippen LogP contribution is -2.16. The van der Waals surface area contributed by atoms with Gasteiger partial charge in [0.1, 0.15) is 5.00 Å². The topological polar surface area (TPSA) is 84.5 Å². The maximum atomic E-state index is 12.6. The molecule has 9 heteroatoms. The lowest BCUT2D eigenvalue weighted by Gasteiger charge is -2.11. The normalized spacial score (nSPS) is 12.7. The fraction of sp³-hybridized carbons (Fsp3) is 0.261. The highest BCUT2D eigenvalue weighted by Crippen LogP contribution is 2.38. The summed E-state index contributed by atoms with van der Waals surface area (Å²) in [6.45, 7) is 0. The van der Waals surface area contributed by atoms with Crippen molar-refractivity contribution in [1.82, 2.24) is 0 Å². The molecule has 0 fully saturated rings. The Kier molecular flexibility index (Phi) is 7.29. The lowest BCUT2D eigenvalue weighted by molar-refractivity contribution is -0.113. The maximum absolute atomic E-state index is 12.6. The van der Waals surface area contributed by atoms with E-state index in [-0.39, 0.29) is 17.6 Å². The Morgan fingerprint density at radius 2 is 1.94 bits per heavy atom. The minimum Gasteiger partial charge on any atom is -0.465 e. The van der Waals surface area contributed by atoms with E-state index in [0.29, 0.717) is 21.1 Å². The van der Waals surface area contributed by atoms with Gasteiger partial charge in [-0.2, -0.15) is 0 Å². The molecule has 0 atom stereocenters. The van der Waals surface area contributed by atoms with Crippen LogP contribution in [-0.4, -0.2) is 30.6 Å². The third-order valence-corrected chi connectivity index (χ3v) is 8.09. The minimum absolute atomic E-state index is 0.156. The number of rotatable bonds is 7. The van der Waals surface area contributed by atoms with Gasteiger partial charge < -0.3 is 15.4 Å². The number of hydrogen-bond acceptors (Lipinski definition) is 7. The zero-order chi connectivity index (χ0) is 22.5. The molecule has 2 heterocycles. The van der Waals surface area contributed by atoms with E-state index >= 15 is 0 Å².